The number of hydrogen-bond donors (Lipinski definition) is 2. The number of nitrogens with one attached hydrogen (secondary N) is 2. The molecule has 0 unspecified atom stereocenters. The number of aryl methyl sites for hydroxylation is 1. The Morgan fingerprint density at radius 1 is 0.903 bits per heavy atom. The molecule has 0 radical (unpaired) electrons. The van der Waals surface area contributed by atoms with Gasteiger partial charge >= 0.3 is 6.03 Å². The lowest BCUT2D eigenvalue weighted by Crippen LogP contribution is -2.25. The standard InChI is InChI=1S/C24H26ClN5O/c1-17-9-10-20(16-21(17)25)27-24(31)26-19-8-6-7-18(15-19)22-11-12-23(29-28-22)30-13-4-2-3-5-14-30/h6-12,15-16H,2-5,13-14H2,1H3,(H2,26,27,31). The van der Waals surface area contributed by atoms with E-state index in [1.165, 1.54) is 25.7 Å². The van der Waals surface area contributed by atoms with Crippen molar-refractivity contribution in [3.8, 4) is 11.3 Å². The number of anilines is 3. The lowest BCUT2D eigenvalue weighted by Gasteiger charge is -2.20. The smallest absolute Gasteiger partial charge is 0.323 e. The van der Waals surface area contributed by atoms with Crippen LogP contribution in [0, 0.1) is 6.92 Å². The first kappa shape index (κ1) is 21.1. The molecule has 1 aliphatic rings. The summed E-state index contributed by atoms with van der Waals surface area (Å²) in [5, 5.41) is 15.1. The molecule has 2 heterocycles. The van der Waals surface area contributed by atoms with Crippen molar-refractivity contribution in [3.63, 3.8) is 0 Å². The van der Waals surface area contributed by atoms with E-state index in [0.717, 1.165) is 35.7 Å². The summed E-state index contributed by atoms with van der Waals surface area (Å²) in [6, 6.07) is 16.7. The van der Waals surface area contributed by atoms with Crippen LogP contribution in [0.1, 0.15) is 31.2 Å². The second-order valence-electron chi connectivity index (χ2n) is 7.80. The summed E-state index contributed by atoms with van der Waals surface area (Å²) in [4.78, 5) is 14.7. The van der Waals surface area contributed by atoms with Gasteiger partial charge in [0.05, 0.1) is 5.69 Å². The van der Waals surface area contributed by atoms with E-state index in [-0.39, 0.29) is 6.03 Å². The average molecular weight is 436 g/mol. The molecule has 0 atom stereocenters. The van der Waals surface area contributed by atoms with E-state index in [2.05, 4.69) is 25.7 Å². The largest absolute Gasteiger partial charge is 0.355 e. The van der Waals surface area contributed by atoms with Gasteiger partial charge in [-0.05, 0) is 61.7 Å². The van der Waals surface area contributed by atoms with Crippen molar-refractivity contribution in [1.29, 1.82) is 0 Å². The maximum atomic E-state index is 12.4. The Morgan fingerprint density at radius 3 is 2.32 bits per heavy atom. The minimum atomic E-state index is -0.334. The highest BCUT2D eigenvalue weighted by Gasteiger charge is 2.12. The van der Waals surface area contributed by atoms with E-state index in [4.69, 9.17) is 11.6 Å². The second kappa shape index (κ2) is 9.79. The van der Waals surface area contributed by atoms with Crippen LogP contribution in [0.25, 0.3) is 11.3 Å². The summed E-state index contributed by atoms with van der Waals surface area (Å²) >= 11 is 6.13. The van der Waals surface area contributed by atoms with Gasteiger partial charge < -0.3 is 15.5 Å². The molecule has 2 aromatic carbocycles. The summed E-state index contributed by atoms with van der Waals surface area (Å²) in [5.41, 5.74) is 3.94. The number of halogens is 1. The van der Waals surface area contributed by atoms with Crippen molar-refractivity contribution in [2.24, 2.45) is 0 Å². The molecule has 160 valence electrons. The zero-order chi connectivity index (χ0) is 21.6. The number of rotatable bonds is 4. The zero-order valence-electron chi connectivity index (χ0n) is 17.6. The summed E-state index contributed by atoms with van der Waals surface area (Å²) in [6.07, 6.45) is 4.97. The highest BCUT2D eigenvalue weighted by molar-refractivity contribution is 6.31. The monoisotopic (exact) mass is 435 g/mol. The van der Waals surface area contributed by atoms with Crippen LogP contribution in [0.15, 0.2) is 54.6 Å². The zero-order valence-corrected chi connectivity index (χ0v) is 18.3. The van der Waals surface area contributed by atoms with E-state index in [9.17, 15) is 4.79 Å². The van der Waals surface area contributed by atoms with Crippen LogP contribution in [-0.4, -0.2) is 29.3 Å². The highest BCUT2D eigenvalue weighted by Crippen LogP contribution is 2.24. The fourth-order valence-corrected chi connectivity index (χ4v) is 3.85. The quantitative estimate of drug-likeness (QED) is 0.517. The Labute approximate surface area is 187 Å². The number of nitrogens with zero attached hydrogens (tertiary/aromatic N) is 3. The molecule has 0 bridgehead atoms. The Bertz CT molecular complexity index is 1050. The van der Waals surface area contributed by atoms with Gasteiger partial charge in [-0.25, -0.2) is 4.79 Å². The molecule has 1 aliphatic heterocycles. The van der Waals surface area contributed by atoms with Crippen molar-refractivity contribution in [2.45, 2.75) is 32.6 Å². The van der Waals surface area contributed by atoms with Crippen molar-refractivity contribution in [3.05, 3.63) is 65.2 Å². The Balaban J connectivity index is 1.42. The Kier molecular flexibility index (Phi) is 6.67. The van der Waals surface area contributed by atoms with Crippen LogP contribution in [-0.2, 0) is 0 Å². The van der Waals surface area contributed by atoms with E-state index in [0.29, 0.717) is 16.4 Å². The van der Waals surface area contributed by atoms with Gasteiger partial charge in [0, 0.05) is 35.1 Å². The molecular weight excluding hydrogens is 410 g/mol. The van der Waals surface area contributed by atoms with Gasteiger partial charge in [0.25, 0.3) is 0 Å². The summed E-state index contributed by atoms with van der Waals surface area (Å²) in [6.45, 7) is 3.99. The minimum Gasteiger partial charge on any atom is -0.355 e. The number of carbonyl (C=O) groups excluding carboxylic acids is 1. The first-order valence-corrected chi connectivity index (χ1v) is 11.0. The highest BCUT2D eigenvalue weighted by atomic mass is 35.5. The van der Waals surface area contributed by atoms with Crippen molar-refractivity contribution >= 4 is 34.8 Å². The first-order chi connectivity index (χ1) is 15.1. The van der Waals surface area contributed by atoms with Gasteiger partial charge in [0.2, 0.25) is 0 Å². The predicted octanol–water partition coefficient (Wildman–Crippen LogP) is 6.13. The molecule has 3 aromatic rings. The number of amides is 2. The number of hydrogen-bond acceptors (Lipinski definition) is 4. The molecule has 7 heteroatoms. The molecule has 1 saturated heterocycles. The van der Waals surface area contributed by atoms with Crippen molar-refractivity contribution in [2.75, 3.05) is 28.6 Å². The molecule has 0 aliphatic carbocycles. The van der Waals surface area contributed by atoms with Crippen LogP contribution in [0.4, 0.5) is 22.0 Å². The molecule has 1 aromatic heterocycles. The Morgan fingerprint density at radius 2 is 1.65 bits per heavy atom. The van der Waals surface area contributed by atoms with Gasteiger partial charge in [0.15, 0.2) is 5.82 Å². The van der Waals surface area contributed by atoms with Crippen molar-refractivity contribution in [1.82, 2.24) is 10.2 Å². The molecule has 0 saturated carbocycles. The number of benzene rings is 2. The molecule has 2 N–H and O–H groups in total. The topological polar surface area (TPSA) is 70.2 Å². The molecule has 4 rings (SSSR count). The first-order valence-electron chi connectivity index (χ1n) is 10.6. The lowest BCUT2D eigenvalue weighted by atomic mass is 10.1. The second-order valence-corrected chi connectivity index (χ2v) is 8.21. The van der Waals surface area contributed by atoms with Crippen LogP contribution >= 0.6 is 11.6 Å². The van der Waals surface area contributed by atoms with Gasteiger partial charge in [-0.1, -0.05) is 42.6 Å². The van der Waals surface area contributed by atoms with Gasteiger partial charge in [-0.3, -0.25) is 0 Å². The molecule has 1 fully saturated rings. The third kappa shape index (κ3) is 5.52. The number of aromatic nitrogens is 2. The minimum absolute atomic E-state index is 0.334. The number of urea groups is 1. The van der Waals surface area contributed by atoms with E-state index in [1.54, 1.807) is 6.07 Å². The van der Waals surface area contributed by atoms with Crippen LogP contribution < -0.4 is 15.5 Å². The van der Waals surface area contributed by atoms with Crippen LogP contribution in [0.5, 0.6) is 0 Å². The lowest BCUT2D eigenvalue weighted by molar-refractivity contribution is 0.262. The summed E-state index contributed by atoms with van der Waals surface area (Å²) in [5.74, 6) is 0.927. The molecule has 0 spiro atoms. The van der Waals surface area contributed by atoms with Crippen molar-refractivity contribution < 1.29 is 4.79 Å². The fourth-order valence-electron chi connectivity index (χ4n) is 3.67. The van der Waals surface area contributed by atoms with Gasteiger partial charge in [0.1, 0.15) is 0 Å². The summed E-state index contributed by atoms with van der Waals surface area (Å²) in [7, 11) is 0. The van der Waals surface area contributed by atoms with E-state index in [1.807, 2.05) is 55.5 Å². The fraction of sp³-hybridized carbons (Fsp3) is 0.292. The maximum Gasteiger partial charge on any atom is 0.323 e. The number of carbonyl (C=O) groups is 1. The molecule has 2 amide bonds. The summed E-state index contributed by atoms with van der Waals surface area (Å²) < 4.78 is 0. The molecular formula is C24H26ClN5O. The average Bonchev–Trinajstić information content (AvgIpc) is 3.06. The Hall–Kier alpha value is -3.12. The normalized spacial score (nSPS) is 14.1. The molecule has 31 heavy (non-hydrogen) atoms. The third-order valence-electron chi connectivity index (χ3n) is 5.43. The van der Waals surface area contributed by atoms with E-state index >= 15 is 0 Å². The third-order valence-corrected chi connectivity index (χ3v) is 5.83. The predicted molar refractivity (Wildman–Crippen MR) is 127 cm³/mol. The molecule has 6 nitrogen and oxygen atoms in total. The van der Waals surface area contributed by atoms with Crippen LogP contribution in [0.2, 0.25) is 5.02 Å². The SMILES string of the molecule is Cc1ccc(NC(=O)Nc2cccc(-c3ccc(N4CCCCCC4)nn3)c2)cc1Cl. The van der Waals surface area contributed by atoms with E-state index < -0.39 is 0 Å². The van der Waals surface area contributed by atoms with Gasteiger partial charge in [-0.15, -0.1) is 10.2 Å². The van der Waals surface area contributed by atoms with Gasteiger partial charge in [-0.2, -0.15) is 0 Å². The maximum absolute atomic E-state index is 12.4. The van der Waals surface area contributed by atoms with Crippen LogP contribution in [0.3, 0.4) is 0 Å².